The van der Waals surface area contributed by atoms with Crippen molar-refractivity contribution in [1.82, 2.24) is 9.97 Å². The van der Waals surface area contributed by atoms with Crippen LogP contribution in [-0.2, 0) is 10.2 Å². The van der Waals surface area contributed by atoms with Gasteiger partial charge in [-0.3, -0.25) is 0 Å². The van der Waals surface area contributed by atoms with Crippen LogP contribution in [0.3, 0.4) is 0 Å². The minimum Gasteiger partial charge on any atom is -0.462 e. The lowest BCUT2D eigenvalue weighted by Gasteiger charge is -2.14. The number of carbonyl (C=O) groups is 1. The fourth-order valence-electron chi connectivity index (χ4n) is 3.22. The zero-order valence-electron chi connectivity index (χ0n) is 9.98. The fourth-order valence-corrected chi connectivity index (χ4v) is 3.22. The second-order valence-electron chi connectivity index (χ2n) is 4.95. The van der Waals surface area contributed by atoms with Crippen LogP contribution >= 0.6 is 0 Å². The Balaban J connectivity index is 1.97. The average molecular weight is 232 g/mol. The standard InChI is InChI=1S/C13H16N2O2/c1-2-17-12(16)10-7-14-8-15-11(10)13-5-3-4-9(13)6-13/h7-9H,2-6H2,1H3. The summed E-state index contributed by atoms with van der Waals surface area (Å²) in [6, 6.07) is 0. The molecule has 0 saturated heterocycles. The summed E-state index contributed by atoms with van der Waals surface area (Å²) in [4.78, 5) is 20.2. The molecule has 2 saturated carbocycles. The van der Waals surface area contributed by atoms with E-state index in [-0.39, 0.29) is 11.4 Å². The summed E-state index contributed by atoms with van der Waals surface area (Å²) in [5.74, 6) is 0.445. The number of carbonyl (C=O) groups excluding carboxylic acids is 1. The normalized spacial score (nSPS) is 29.8. The third-order valence-corrected chi connectivity index (χ3v) is 4.09. The molecule has 17 heavy (non-hydrogen) atoms. The molecule has 0 aromatic carbocycles. The molecule has 90 valence electrons. The Bertz CT molecular complexity index is 460. The van der Waals surface area contributed by atoms with Crippen LogP contribution < -0.4 is 0 Å². The lowest BCUT2D eigenvalue weighted by molar-refractivity contribution is 0.0522. The predicted molar refractivity (Wildman–Crippen MR) is 61.6 cm³/mol. The van der Waals surface area contributed by atoms with Crippen molar-refractivity contribution in [2.45, 2.75) is 38.0 Å². The molecule has 0 N–H and O–H groups in total. The molecule has 1 aromatic rings. The van der Waals surface area contributed by atoms with Crippen LogP contribution in [0, 0.1) is 5.92 Å². The maximum Gasteiger partial charge on any atom is 0.341 e. The van der Waals surface area contributed by atoms with E-state index in [1.807, 2.05) is 6.92 Å². The summed E-state index contributed by atoms with van der Waals surface area (Å²) in [7, 11) is 0. The first kappa shape index (κ1) is 10.7. The summed E-state index contributed by atoms with van der Waals surface area (Å²) in [5, 5.41) is 0. The molecular weight excluding hydrogens is 216 g/mol. The van der Waals surface area contributed by atoms with Crippen LogP contribution in [0.15, 0.2) is 12.5 Å². The first-order valence-corrected chi connectivity index (χ1v) is 6.25. The van der Waals surface area contributed by atoms with E-state index in [0.717, 1.165) is 18.0 Å². The Kier molecular flexibility index (Phi) is 2.38. The van der Waals surface area contributed by atoms with Crippen molar-refractivity contribution in [2.75, 3.05) is 6.61 Å². The number of hydrogen-bond acceptors (Lipinski definition) is 4. The van der Waals surface area contributed by atoms with E-state index in [1.165, 1.54) is 19.3 Å². The summed E-state index contributed by atoms with van der Waals surface area (Å²) in [6.45, 7) is 2.21. The van der Waals surface area contributed by atoms with E-state index >= 15 is 0 Å². The molecule has 3 rings (SSSR count). The molecule has 0 bridgehead atoms. The molecule has 0 amide bonds. The Morgan fingerprint density at radius 2 is 2.53 bits per heavy atom. The Morgan fingerprint density at radius 3 is 3.18 bits per heavy atom. The van der Waals surface area contributed by atoms with Crippen molar-refractivity contribution < 1.29 is 9.53 Å². The number of esters is 1. The van der Waals surface area contributed by atoms with Gasteiger partial charge in [0.15, 0.2) is 0 Å². The van der Waals surface area contributed by atoms with Gasteiger partial charge in [0.2, 0.25) is 0 Å². The van der Waals surface area contributed by atoms with Crippen molar-refractivity contribution in [3.05, 3.63) is 23.8 Å². The van der Waals surface area contributed by atoms with Gasteiger partial charge in [0.1, 0.15) is 11.9 Å². The Labute approximate surface area is 100 Å². The van der Waals surface area contributed by atoms with Crippen LogP contribution in [0.1, 0.15) is 48.7 Å². The van der Waals surface area contributed by atoms with Gasteiger partial charge >= 0.3 is 5.97 Å². The van der Waals surface area contributed by atoms with Crippen LogP contribution in [0.4, 0.5) is 0 Å². The highest BCUT2D eigenvalue weighted by atomic mass is 16.5. The molecule has 0 spiro atoms. The molecular formula is C13H16N2O2. The first-order valence-electron chi connectivity index (χ1n) is 6.25. The highest BCUT2D eigenvalue weighted by molar-refractivity contribution is 5.90. The highest BCUT2D eigenvalue weighted by Crippen LogP contribution is 2.64. The number of ether oxygens (including phenoxy) is 1. The van der Waals surface area contributed by atoms with Crippen molar-refractivity contribution in [2.24, 2.45) is 5.92 Å². The van der Waals surface area contributed by atoms with Gasteiger partial charge in [-0.25, -0.2) is 14.8 Å². The number of hydrogen-bond donors (Lipinski definition) is 0. The third-order valence-electron chi connectivity index (χ3n) is 4.09. The second kappa shape index (κ2) is 3.79. The molecule has 0 aliphatic heterocycles. The smallest absolute Gasteiger partial charge is 0.341 e. The number of nitrogens with zero attached hydrogens (tertiary/aromatic N) is 2. The van der Waals surface area contributed by atoms with Crippen molar-refractivity contribution in [3.8, 4) is 0 Å². The van der Waals surface area contributed by atoms with E-state index < -0.39 is 0 Å². The molecule has 2 fully saturated rings. The number of aromatic nitrogens is 2. The first-order chi connectivity index (χ1) is 8.28. The molecule has 2 aliphatic rings. The van der Waals surface area contributed by atoms with Gasteiger partial charge in [-0.05, 0) is 32.1 Å². The maximum absolute atomic E-state index is 11.9. The van der Waals surface area contributed by atoms with Crippen LogP contribution in [-0.4, -0.2) is 22.5 Å². The SMILES string of the molecule is CCOC(=O)c1cncnc1C12CCCC1C2. The van der Waals surface area contributed by atoms with Gasteiger partial charge in [0, 0.05) is 11.6 Å². The van der Waals surface area contributed by atoms with Gasteiger partial charge in [0.05, 0.1) is 12.3 Å². The zero-order chi connectivity index (χ0) is 11.9. The number of rotatable bonds is 3. The summed E-state index contributed by atoms with van der Waals surface area (Å²) in [6.07, 6.45) is 7.99. The van der Waals surface area contributed by atoms with Gasteiger partial charge in [-0.2, -0.15) is 0 Å². The Morgan fingerprint density at radius 1 is 1.65 bits per heavy atom. The maximum atomic E-state index is 11.9. The predicted octanol–water partition coefficient (Wildman–Crippen LogP) is 2.09. The van der Waals surface area contributed by atoms with E-state index in [2.05, 4.69) is 9.97 Å². The van der Waals surface area contributed by atoms with Crippen molar-refractivity contribution >= 4 is 5.97 Å². The monoisotopic (exact) mass is 232 g/mol. The molecule has 1 heterocycles. The van der Waals surface area contributed by atoms with E-state index in [4.69, 9.17) is 4.74 Å². The molecule has 2 atom stereocenters. The molecule has 1 aromatic heterocycles. The highest BCUT2D eigenvalue weighted by Gasteiger charge is 2.60. The fraction of sp³-hybridized carbons (Fsp3) is 0.615. The average Bonchev–Trinajstić information content (AvgIpc) is 2.92. The van der Waals surface area contributed by atoms with E-state index in [9.17, 15) is 4.79 Å². The van der Waals surface area contributed by atoms with Crippen LogP contribution in [0.5, 0.6) is 0 Å². The largest absolute Gasteiger partial charge is 0.462 e. The molecule has 2 unspecified atom stereocenters. The lowest BCUT2D eigenvalue weighted by Crippen LogP contribution is -2.17. The zero-order valence-corrected chi connectivity index (χ0v) is 9.98. The summed E-state index contributed by atoms with van der Waals surface area (Å²) >= 11 is 0. The van der Waals surface area contributed by atoms with Gasteiger partial charge < -0.3 is 4.74 Å². The quantitative estimate of drug-likeness (QED) is 0.749. The molecule has 4 nitrogen and oxygen atoms in total. The molecule has 0 radical (unpaired) electrons. The topological polar surface area (TPSA) is 52.1 Å². The van der Waals surface area contributed by atoms with E-state index in [0.29, 0.717) is 12.2 Å². The van der Waals surface area contributed by atoms with Gasteiger partial charge in [-0.15, -0.1) is 0 Å². The molecule has 2 aliphatic carbocycles. The van der Waals surface area contributed by atoms with Crippen LogP contribution in [0.2, 0.25) is 0 Å². The third kappa shape index (κ3) is 1.54. The number of fused-ring (bicyclic) bond motifs is 1. The second-order valence-corrected chi connectivity index (χ2v) is 4.95. The minimum atomic E-state index is -0.282. The summed E-state index contributed by atoms with van der Waals surface area (Å²) in [5.41, 5.74) is 1.66. The van der Waals surface area contributed by atoms with Gasteiger partial charge in [0.25, 0.3) is 0 Å². The summed E-state index contributed by atoms with van der Waals surface area (Å²) < 4.78 is 5.07. The van der Waals surface area contributed by atoms with Crippen molar-refractivity contribution in [3.63, 3.8) is 0 Å². The van der Waals surface area contributed by atoms with Crippen LogP contribution in [0.25, 0.3) is 0 Å². The lowest BCUT2D eigenvalue weighted by atomic mass is 9.95. The molecule has 4 heteroatoms. The Hall–Kier alpha value is -1.45. The van der Waals surface area contributed by atoms with Crippen molar-refractivity contribution in [1.29, 1.82) is 0 Å². The minimum absolute atomic E-state index is 0.172. The van der Waals surface area contributed by atoms with E-state index in [1.54, 1.807) is 12.5 Å². The van der Waals surface area contributed by atoms with Gasteiger partial charge in [-0.1, -0.05) is 6.42 Å².